The molecule has 0 spiro atoms. The minimum absolute atomic E-state index is 0.136. The summed E-state index contributed by atoms with van der Waals surface area (Å²) in [7, 11) is 0. The van der Waals surface area contributed by atoms with Crippen LogP contribution in [0.5, 0.6) is 0 Å². The van der Waals surface area contributed by atoms with Crippen molar-refractivity contribution in [3.8, 4) is 0 Å². The van der Waals surface area contributed by atoms with Crippen LogP contribution in [0.15, 0.2) is 53.0 Å². The van der Waals surface area contributed by atoms with Gasteiger partial charge in [-0.1, -0.05) is 52.3 Å². The van der Waals surface area contributed by atoms with Crippen molar-refractivity contribution in [2.24, 2.45) is 0 Å². The number of halogens is 1. The molecule has 2 rings (SSSR count). The molecule has 2 aromatic rings. The fourth-order valence-corrected chi connectivity index (χ4v) is 2.67. The van der Waals surface area contributed by atoms with Gasteiger partial charge in [-0.2, -0.15) is 0 Å². The molecule has 3 N–H and O–H groups in total. The first kappa shape index (κ1) is 15.0. The maximum absolute atomic E-state index is 9.25. The molecule has 0 bridgehead atoms. The van der Waals surface area contributed by atoms with Gasteiger partial charge in [0.05, 0.1) is 6.61 Å². The summed E-state index contributed by atoms with van der Waals surface area (Å²) in [6.45, 7) is 2.26. The lowest BCUT2D eigenvalue weighted by Gasteiger charge is -2.23. The first-order valence-electron chi connectivity index (χ1n) is 6.60. The van der Waals surface area contributed by atoms with Gasteiger partial charge in [0, 0.05) is 35.4 Å². The quantitative estimate of drug-likeness (QED) is 0.798. The number of hydrogen-bond acceptors (Lipinski definition) is 3. The summed E-state index contributed by atoms with van der Waals surface area (Å²) in [6, 6.07) is 16.1. The van der Waals surface area contributed by atoms with Crippen LogP contribution >= 0.6 is 15.9 Å². The zero-order chi connectivity index (χ0) is 14.4. The van der Waals surface area contributed by atoms with Crippen LogP contribution in [0.25, 0.3) is 0 Å². The van der Waals surface area contributed by atoms with E-state index in [9.17, 15) is 5.11 Å². The molecule has 0 aromatic heterocycles. The van der Waals surface area contributed by atoms with Crippen molar-refractivity contribution in [2.45, 2.75) is 13.1 Å². The maximum atomic E-state index is 9.25. The van der Waals surface area contributed by atoms with Gasteiger partial charge in [-0.25, -0.2) is 0 Å². The Bertz CT molecular complexity index is 525. The summed E-state index contributed by atoms with van der Waals surface area (Å²) in [5, 5.41) is 9.25. The number of nitrogens with zero attached hydrogens (tertiary/aromatic N) is 1. The third-order valence-electron chi connectivity index (χ3n) is 3.20. The molecule has 0 radical (unpaired) electrons. The molecule has 4 heteroatoms. The average molecular weight is 335 g/mol. The predicted molar refractivity (Wildman–Crippen MR) is 86.2 cm³/mol. The van der Waals surface area contributed by atoms with Crippen molar-refractivity contribution in [1.29, 1.82) is 0 Å². The van der Waals surface area contributed by atoms with Crippen LogP contribution in [0.1, 0.15) is 11.1 Å². The SMILES string of the molecule is Nc1cccc(Br)c1CN(CCO)Cc1ccccc1. The number of hydrogen-bond donors (Lipinski definition) is 2. The molecule has 0 aliphatic rings. The third kappa shape index (κ3) is 4.07. The van der Waals surface area contributed by atoms with E-state index in [1.165, 1.54) is 5.56 Å². The summed E-state index contributed by atoms with van der Waals surface area (Å²) in [6.07, 6.45) is 0. The molecule has 0 amide bonds. The summed E-state index contributed by atoms with van der Waals surface area (Å²) in [5.74, 6) is 0. The number of nitrogens with two attached hydrogens (primary N) is 1. The monoisotopic (exact) mass is 334 g/mol. The summed E-state index contributed by atoms with van der Waals surface area (Å²) in [4.78, 5) is 2.19. The highest BCUT2D eigenvalue weighted by Gasteiger charge is 2.11. The lowest BCUT2D eigenvalue weighted by Crippen LogP contribution is -2.26. The van der Waals surface area contributed by atoms with Crippen molar-refractivity contribution in [2.75, 3.05) is 18.9 Å². The fourth-order valence-electron chi connectivity index (χ4n) is 2.16. The second-order valence-electron chi connectivity index (χ2n) is 4.73. The molecular formula is C16H19BrN2O. The lowest BCUT2D eigenvalue weighted by molar-refractivity contribution is 0.184. The summed E-state index contributed by atoms with van der Waals surface area (Å²) < 4.78 is 1.01. The molecule has 0 aliphatic carbocycles. The molecule has 0 aliphatic heterocycles. The van der Waals surface area contributed by atoms with Gasteiger partial charge in [0.2, 0.25) is 0 Å². The van der Waals surface area contributed by atoms with Crippen LogP contribution in [0.4, 0.5) is 5.69 Å². The Balaban J connectivity index is 2.13. The standard InChI is InChI=1S/C16H19BrN2O/c17-15-7-4-8-16(18)14(15)12-19(9-10-20)11-13-5-2-1-3-6-13/h1-8,20H,9-12,18H2. The Kier molecular flexibility index (Phi) is 5.59. The molecule has 20 heavy (non-hydrogen) atoms. The van der Waals surface area contributed by atoms with Crippen molar-refractivity contribution in [3.63, 3.8) is 0 Å². The highest BCUT2D eigenvalue weighted by molar-refractivity contribution is 9.10. The Labute approximate surface area is 128 Å². The van der Waals surface area contributed by atoms with Crippen molar-refractivity contribution in [1.82, 2.24) is 4.90 Å². The van der Waals surface area contributed by atoms with E-state index in [4.69, 9.17) is 5.73 Å². The topological polar surface area (TPSA) is 49.5 Å². The zero-order valence-electron chi connectivity index (χ0n) is 11.3. The molecule has 2 aromatic carbocycles. The van der Waals surface area contributed by atoms with Crippen molar-refractivity contribution < 1.29 is 5.11 Å². The lowest BCUT2D eigenvalue weighted by atomic mass is 10.1. The Morgan fingerprint density at radius 2 is 1.75 bits per heavy atom. The Morgan fingerprint density at radius 3 is 2.40 bits per heavy atom. The second-order valence-corrected chi connectivity index (χ2v) is 5.58. The van der Waals surface area contributed by atoms with Crippen LogP contribution in [0, 0.1) is 0 Å². The van der Waals surface area contributed by atoms with E-state index in [0.29, 0.717) is 13.1 Å². The largest absolute Gasteiger partial charge is 0.398 e. The molecular weight excluding hydrogens is 316 g/mol. The summed E-state index contributed by atoms with van der Waals surface area (Å²) >= 11 is 3.54. The highest BCUT2D eigenvalue weighted by atomic mass is 79.9. The summed E-state index contributed by atoms with van der Waals surface area (Å²) in [5.41, 5.74) is 9.11. The zero-order valence-corrected chi connectivity index (χ0v) is 12.9. The highest BCUT2D eigenvalue weighted by Crippen LogP contribution is 2.24. The molecule has 0 fully saturated rings. The first-order valence-corrected chi connectivity index (χ1v) is 7.40. The van der Waals surface area contributed by atoms with E-state index < -0.39 is 0 Å². The second kappa shape index (κ2) is 7.43. The normalized spacial score (nSPS) is 10.9. The molecule has 0 saturated carbocycles. The van der Waals surface area contributed by atoms with Gasteiger partial charge >= 0.3 is 0 Å². The number of benzene rings is 2. The Hall–Kier alpha value is -1.36. The fraction of sp³-hybridized carbons (Fsp3) is 0.250. The number of rotatable bonds is 6. The van der Waals surface area contributed by atoms with Gasteiger partial charge < -0.3 is 10.8 Å². The van der Waals surface area contributed by atoms with Crippen LogP contribution in [0.2, 0.25) is 0 Å². The third-order valence-corrected chi connectivity index (χ3v) is 3.94. The van der Waals surface area contributed by atoms with Crippen LogP contribution < -0.4 is 5.73 Å². The van der Waals surface area contributed by atoms with Gasteiger partial charge in [-0.15, -0.1) is 0 Å². The smallest absolute Gasteiger partial charge is 0.0558 e. The van der Waals surface area contributed by atoms with E-state index in [0.717, 1.165) is 22.3 Å². The minimum Gasteiger partial charge on any atom is -0.398 e. The van der Waals surface area contributed by atoms with Crippen LogP contribution in [0.3, 0.4) is 0 Å². The van der Waals surface area contributed by atoms with Gasteiger partial charge in [0.15, 0.2) is 0 Å². The number of anilines is 1. The van der Waals surface area contributed by atoms with E-state index in [1.54, 1.807) is 0 Å². The molecule has 0 saturated heterocycles. The molecule has 0 atom stereocenters. The Morgan fingerprint density at radius 1 is 1.00 bits per heavy atom. The predicted octanol–water partition coefficient (Wildman–Crippen LogP) is 3.03. The number of aliphatic hydroxyl groups is 1. The van der Waals surface area contributed by atoms with Crippen LogP contribution in [-0.2, 0) is 13.1 Å². The first-order chi connectivity index (χ1) is 9.70. The minimum atomic E-state index is 0.136. The average Bonchev–Trinajstić information content (AvgIpc) is 2.44. The maximum Gasteiger partial charge on any atom is 0.0558 e. The van der Waals surface area contributed by atoms with Gasteiger partial charge in [-0.05, 0) is 17.7 Å². The van der Waals surface area contributed by atoms with Crippen molar-refractivity contribution >= 4 is 21.6 Å². The van der Waals surface area contributed by atoms with Crippen molar-refractivity contribution in [3.05, 3.63) is 64.1 Å². The molecule has 0 unspecified atom stereocenters. The molecule has 0 heterocycles. The number of nitrogen functional groups attached to an aromatic ring is 1. The molecule has 3 nitrogen and oxygen atoms in total. The van der Waals surface area contributed by atoms with Gasteiger partial charge in [-0.3, -0.25) is 4.90 Å². The number of aliphatic hydroxyl groups excluding tert-OH is 1. The van der Waals surface area contributed by atoms with E-state index in [-0.39, 0.29) is 6.61 Å². The van der Waals surface area contributed by atoms with E-state index in [2.05, 4.69) is 33.0 Å². The molecule has 106 valence electrons. The van der Waals surface area contributed by atoms with Gasteiger partial charge in [0.1, 0.15) is 0 Å². The van der Waals surface area contributed by atoms with E-state index >= 15 is 0 Å². The van der Waals surface area contributed by atoms with Crippen LogP contribution in [-0.4, -0.2) is 23.2 Å². The van der Waals surface area contributed by atoms with Gasteiger partial charge in [0.25, 0.3) is 0 Å². The van der Waals surface area contributed by atoms with E-state index in [1.807, 2.05) is 36.4 Å².